The van der Waals surface area contributed by atoms with Crippen LogP contribution in [0.5, 0.6) is 0 Å². The number of piperidine rings is 1. The molecule has 3 rings (SSSR count). The Morgan fingerprint density at radius 3 is 2.53 bits per heavy atom. The van der Waals surface area contributed by atoms with Gasteiger partial charge in [-0.2, -0.15) is 0 Å². The monoisotopic (exact) mass is 263 g/mol. The lowest BCUT2D eigenvalue weighted by Crippen LogP contribution is -2.57. The van der Waals surface area contributed by atoms with Crippen molar-refractivity contribution in [3.8, 4) is 0 Å². The highest BCUT2D eigenvalue weighted by Crippen LogP contribution is 2.40. The fourth-order valence-corrected chi connectivity index (χ4v) is 4.00. The molecule has 0 amide bonds. The van der Waals surface area contributed by atoms with Gasteiger partial charge in [-0.25, -0.2) is 0 Å². The number of rotatable bonds is 4. The molecule has 0 bridgehead atoms. The van der Waals surface area contributed by atoms with Crippen molar-refractivity contribution in [2.24, 2.45) is 0 Å². The number of furan rings is 1. The second-order valence-electron chi connectivity index (χ2n) is 6.16. The minimum atomic E-state index is -0.292. The Kier molecular flexibility index (Phi) is 3.94. The number of likely N-dealkylation sites (tertiary alicyclic amines) is 1. The molecule has 2 fully saturated rings. The normalized spacial score (nSPS) is 25.5. The summed E-state index contributed by atoms with van der Waals surface area (Å²) in [6, 6.07) is 3.88. The van der Waals surface area contributed by atoms with E-state index < -0.39 is 0 Å². The van der Waals surface area contributed by atoms with Crippen LogP contribution in [-0.2, 0) is 6.42 Å². The molecule has 19 heavy (non-hydrogen) atoms. The molecule has 1 aromatic heterocycles. The van der Waals surface area contributed by atoms with Crippen LogP contribution >= 0.6 is 0 Å². The fraction of sp³-hybridized carbons (Fsp3) is 0.750. The highest BCUT2D eigenvalue weighted by atomic mass is 16.3. The molecule has 1 aromatic rings. The second-order valence-corrected chi connectivity index (χ2v) is 6.16. The lowest BCUT2D eigenvalue weighted by molar-refractivity contribution is -0.0399. The summed E-state index contributed by atoms with van der Waals surface area (Å²) in [5.41, 5.74) is 0.0210. The van der Waals surface area contributed by atoms with E-state index in [-0.39, 0.29) is 11.6 Å². The van der Waals surface area contributed by atoms with Crippen molar-refractivity contribution in [3.05, 3.63) is 24.2 Å². The zero-order valence-corrected chi connectivity index (χ0v) is 11.7. The first-order valence-corrected chi connectivity index (χ1v) is 7.77. The van der Waals surface area contributed by atoms with E-state index in [0.717, 1.165) is 31.7 Å². The van der Waals surface area contributed by atoms with E-state index in [0.29, 0.717) is 6.42 Å². The second kappa shape index (κ2) is 5.68. The standard InChI is InChI=1S/C16H25NO2/c18-15(13-14-7-6-12-19-14)16(8-2-3-9-16)17-10-4-1-5-11-17/h6-7,12,15,18H,1-5,8-11,13H2. The Labute approximate surface area is 115 Å². The molecule has 1 N–H and O–H groups in total. The molecule has 2 heterocycles. The van der Waals surface area contributed by atoms with E-state index in [1.54, 1.807) is 6.26 Å². The summed E-state index contributed by atoms with van der Waals surface area (Å²) >= 11 is 0. The van der Waals surface area contributed by atoms with E-state index >= 15 is 0 Å². The van der Waals surface area contributed by atoms with E-state index in [9.17, 15) is 5.11 Å². The summed E-state index contributed by atoms with van der Waals surface area (Å²) in [4.78, 5) is 2.58. The molecule has 1 saturated carbocycles. The van der Waals surface area contributed by atoms with Crippen LogP contribution in [0.15, 0.2) is 22.8 Å². The molecular formula is C16H25NO2. The summed E-state index contributed by atoms with van der Waals surface area (Å²) in [6.07, 6.45) is 10.8. The average Bonchev–Trinajstić information content (AvgIpc) is 3.11. The Hall–Kier alpha value is -0.800. The molecule has 3 heteroatoms. The minimum absolute atomic E-state index is 0.0210. The lowest BCUT2D eigenvalue weighted by Gasteiger charge is -2.46. The SMILES string of the molecule is OC(Cc1ccco1)C1(N2CCCCC2)CCCC1. The predicted octanol–water partition coefficient (Wildman–Crippen LogP) is 2.98. The summed E-state index contributed by atoms with van der Waals surface area (Å²) in [5.74, 6) is 0.913. The van der Waals surface area contributed by atoms with E-state index in [2.05, 4.69) is 4.90 Å². The van der Waals surface area contributed by atoms with Crippen LogP contribution in [0.2, 0.25) is 0 Å². The third-order valence-electron chi connectivity index (χ3n) is 5.05. The molecule has 0 spiro atoms. The van der Waals surface area contributed by atoms with Crippen molar-refractivity contribution < 1.29 is 9.52 Å². The topological polar surface area (TPSA) is 36.6 Å². The zero-order valence-electron chi connectivity index (χ0n) is 11.7. The molecule has 1 aliphatic carbocycles. The van der Waals surface area contributed by atoms with Crippen molar-refractivity contribution in [2.45, 2.75) is 63.0 Å². The molecule has 1 unspecified atom stereocenters. The molecule has 0 radical (unpaired) electrons. The van der Waals surface area contributed by atoms with Crippen molar-refractivity contribution in [3.63, 3.8) is 0 Å². The van der Waals surface area contributed by atoms with Crippen LogP contribution in [-0.4, -0.2) is 34.7 Å². The molecule has 3 nitrogen and oxygen atoms in total. The summed E-state index contributed by atoms with van der Waals surface area (Å²) < 4.78 is 5.42. The van der Waals surface area contributed by atoms with Gasteiger partial charge in [0.1, 0.15) is 5.76 Å². The van der Waals surface area contributed by atoms with Crippen molar-refractivity contribution in [2.75, 3.05) is 13.1 Å². The molecule has 2 aliphatic rings. The Balaban J connectivity index is 1.75. The van der Waals surface area contributed by atoms with Crippen LogP contribution in [0.4, 0.5) is 0 Å². The molecular weight excluding hydrogens is 238 g/mol. The Bertz CT molecular complexity index is 375. The largest absolute Gasteiger partial charge is 0.469 e. The van der Waals surface area contributed by atoms with Gasteiger partial charge >= 0.3 is 0 Å². The maximum atomic E-state index is 10.8. The van der Waals surface area contributed by atoms with Crippen molar-refractivity contribution >= 4 is 0 Å². The van der Waals surface area contributed by atoms with Gasteiger partial charge in [0.25, 0.3) is 0 Å². The van der Waals surface area contributed by atoms with Gasteiger partial charge in [-0.05, 0) is 50.9 Å². The maximum Gasteiger partial charge on any atom is 0.106 e. The molecule has 1 atom stereocenters. The molecule has 1 aliphatic heterocycles. The van der Waals surface area contributed by atoms with Gasteiger partial charge in [0.05, 0.1) is 12.4 Å². The fourth-order valence-electron chi connectivity index (χ4n) is 4.00. The van der Waals surface area contributed by atoms with Crippen LogP contribution in [0.25, 0.3) is 0 Å². The van der Waals surface area contributed by atoms with Crippen LogP contribution in [0.1, 0.15) is 50.7 Å². The summed E-state index contributed by atoms with van der Waals surface area (Å²) in [5, 5.41) is 10.8. The van der Waals surface area contributed by atoms with E-state index in [4.69, 9.17) is 4.42 Å². The molecule has 106 valence electrons. The van der Waals surface area contributed by atoms with E-state index in [1.807, 2.05) is 12.1 Å². The molecule has 0 aromatic carbocycles. The highest BCUT2D eigenvalue weighted by Gasteiger charge is 2.45. The van der Waals surface area contributed by atoms with Gasteiger partial charge < -0.3 is 9.52 Å². The number of nitrogens with zero attached hydrogens (tertiary/aromatic N) is 1. The van der Waals surface area contributed by atoms with Gasteiger partial charge in [-0.3, -0.25) is 4.90 Å². The highest BCUT2D eigenvalue weighted by molar-refractivity contribution is 5.07. The number of hydrogen-bond acceptors (Lipinski definition) is 3. The van der Waals surface area contributed by atoms with Crippen molar-refractivity contribution in [1.82, 2.24) is 4.90 Å². The zero-order chi connectivity index (χ0) is 13.1. The van der Waals surface area contributed by atoms with Gasteiger partial charge in [0, 0.05) is 12.0 Å². The van der Waals surface area contributed by atoms with Crippen molar-refractivity contribution in [1.29, 1.82) is 0 Å². The first-order valence-electron chi connectivity index (χ1n) is 7.77. The minimum Gasteiger partial charge on any atom is -0.469 e. The number of aliphatic hydroxyl groups excluding tert-OH is 1. The number of aliphatic hydroxyl groups is 1. The quantitative estimate of drug-likeness (QED) is 0.907. The smallest absolute Gasteiger partial charge is 0.106 e. The van der Waals surface area contributed by atoms with Crippen LogP contribution in [0, 0.1) is 0 Å². The summed E-state index contributed by atoms with van der Waals surface area (Å²) in [6.45, 7) is 2.32. The molecule has 1 saturated heterocycles. The van der Waals surface area contributed by atoms with E-state index in [1.165, 1.54) is 32.1 Å². The third kappa shape index (κ3) is 2.59. The Morgan fingerprint density at radius 2 is 1.89 bits per heavy atom. The third-order valence-corrected chi connectivity index (χ3v) is 5.05. The predicted molar refractivity (Wildman–Crippen MR) is 75.0 cm³/mol. The van der Waals surface area contributed by atoms with Crippen LogP contribution < -0.4 is 0 Å². The summed E-state index contributed by atoms with van der Waals surface area (Å²) in [7, 11) is 0. The van der Waals surface area contributed by atoms with Gasteiger partial charge in [-0.1, -0.05) is 19.3 Å². The van der Waals surface area contributed by atoms with Gasteiger partial charge in [0.2, 0.25) is 0 Å². The first kappa shape index (κ1) is 13.2. The van der Waals surface area contributed by atoms with Gasteiger partial charge in [-0.15, -0.1) is 0 Å². The first-order chi connectivity index (χ1) is 9.31. The number of hydrogen-bond donors (Lipinski definition) is 1. The lowest BCUT2D eigenvalue weighted by atomic mass is 9.84. The Morgan fingerprint density at radius 1 is 1.16 bits per heavy atom. The van der Waals surface area contributed by atoms with Crippen LogP contribution in [0.3, 0.4) is 0 Å². The average molecular weight is 263 g/mol. The van der Waals surface area contributed by atoms with Gasteiger partial charge in [0.15, 0.2) is 0 Å². The maximum absolute atomic E-state index is 10.8.